The lowest BCUT2D eigenvalue weighted by Crippen LogP contribution is -2.14. The van der Waals surface area contributed by atoms with Gasteiger partial charge in [0.15, 0.2) is 5.58 Å². The van der Waals surface area contributed by atoms with Crippen LogP contribution in [0.25, 0.3) is 11.1 Å². The second-order valence-corrected chi connectivity index (χ2v) is 4.57. The van der Waals surface area contributed by atoms with E-state index in [-0.39, 0.29) is 5.56 Å². The fourth-order valence-corrected chi connectivity index (χ4v) is 2.11. The molecule has 0 aliphatic carbocycles. The van der Waals surface area contributed by atoms with Gasteiger partial charge < -0.3 is 9.52 Å². The van der Waals surface area contributed by atoms with Crippen molar-refractivity contribution in [3.05, 3.63) is 34.3 Å². The summed E-state index contributed by atoms with van der Waals surface area (Å²) in [6.07, 6.45) is 4.28. The molecule has 0 aliphatic rings. The van der Waals surface area contributed by atoms with Crippen molar-refractivity contribution in [1.29, 1.82) is 0 Å². The third-order valence-electron chi connectivity index (χ3n) is 3.15. The minimum atomic E-state index is -1.03. The van der Waals surface area contributed by atoms with Gasteiger partial charge in [-0.15, -0.1) is 0 Å². The van der Waals surface area contributed by atoms with Crippen molar-refractivity contribution in [3.63, 3.8) is 0 Å². The number of nitrogens with zero attached hydrogens (tertiary/aromatic N) is 1. The van der Waals surface area contributed by atoms with E-state index in [0.717, 1.165) is 25.7 Å². The molecule has 0 saturated carbocycles. The number of aryl methyl sites for hydroxylation is 1. The molecule has 19 heavy (non-hydrogen) atoms. The Morgan fingerprint density at radius 1 is 1.32 bits per heavy atom. The number of carboxylic acid groups (broad SMARTS) is 1. The smallest absolute Gasteiger partial charge is 0.419 e. The summed E-state index contributed by atoms with van der Waals surface area (Å²) in [4.78, 5) is 22.6. The first-order valence-corrected chi connectivity index (χ1v) is 6.50. The molecule has 0 bridgehead atoms. The van der Waals surface area contributed by atoms with Crippen molar-refractivity contribution in [2.24, 2.45) is 0 Å². The minimum absolute atomic E-state index is 0.124. The van der Waals surface area contributed by atoms with Crippen LogP contribution >= 0.6 is 0 Å². The van der Waals surface area contributed by atoms with Gasteiger partial charge in [0.25, 0.3) is 0 Å². The Labute approximate surface area is 110 Å². The number of hydrogen-bond donors (Lipinski definition) is 1. The highest BCUT2D eigenvalue weighted by molar-refractivity contribution is 5.91. The van der Waals surface area contributed by atoms with E-state index in [1.165, 1.54) is 12.1 Å². The second kappa shape index (κ2) is 5.73. The first kappa shape index (κ1) is 13.4. The van der Waals surface area contributed by atoms with Gasteiger partial charge in [-0.25, -0.2) is 9.59 Å². The molecule has 0 fully saturated rings. The number of aromatic nitrogens is 1. The van der Waals surface area contributed by atoms with Crippen LogP contribution in [0.5, 0.6) is 0 Å². The molecule has 0 radical (unpaired) electrons. The van der Waals surface area contributed by atoms with E-state index >= 15 is 0 Å². The zero-order valence-corrected chi connectivity index (χ0v) is 10.9. The minimum Gasteiger partial charge on any atom is -0.478 e. The van der Waals surface area contributed by atoms with E-state index in [1.807, 2.05) is 0 Å². The molecule has 0 amide bonds. The molecule has 0 atom stereocenters. The molecule has 2 aromatic rings. The zero-order chi connectivity index (χ0) is 13.8. The van der Waals surface area contributed by atoms with E-state index < -0.39 is 11.7 Å². The molecule has 2 rings (SSSR count). The summed E-state index contributed by atoms with van der Waals surface area (Å²) in [5.74, 6) is -1.45. The van der Waals surface area contributed by atoms with E-state index in [0.29, 0.717) is 17.6 Å². The molecule has 0 aliphatic heterocycles. The molecule has 1 heterocycles. The van der Waals surface area contributed by atoms with Gasteiger partial charge in [-0.1, -0.05) is 26.2 Å². The normalized spacial score (nSPS) is 11.0. The maximum absolute atomic E-state index is 11.7. The molecule has 1 aromatic heterocycles. The van der Waals surface area contributed by atoms with Crippen molar-refractivity contribution in [3.8, 4) is 0 Å². The number of fused-ring (bicyclic) bond motifs is 1. The van der Waals surface area contributed by atoms with Crippen molar-refractivity contribution < 1.29 is 14.3 Å². The molecule has 102 valence electrons. The van der Waals surface area contributed by atoms with Gasteiger partial charge in [0, 0.05) is 6.54 Å². The number of oxazole rings is 1. The fourth-order valence-electron chi connectivity index (χ4n) is 2.11. The SMILES string of the molecule is CCCCCCn1c(=O)oc2cc(C(=O)O)ccc21. The Morgan fingerprint density at radius 2 is 2.11 bits per heavy atom. The van der Waals surface area contributed by atoms with Crippen LogP contribution in [0.4, 0.5) is 0 Å². The Bertz CT molecular complexity index is 638. The zero-order valence-electron chi connectivity index (χ0n) is 10.9. The summed E-state index contributed by atoms with van der Waals surface area (Å²) in [6, 6.07) is 4.51. The first-order chi connectivity index (χ1) is 9.13. The summed E-state index contributed by atoms with van der Waals surface area (Å²) < 4.78 is 6.66. The molecule has 0 spiro atoms. The summed E-state index contributed by atoms with van der Waals surface area (Å²) in [7, 11) is 0. The van der Waals surface area contributed by atoms with Gasteiger partial charge >= 0.3 is 11.7 Å². The van der Waals surface area contributed by atoms with Gasteiger partial charge in [-0.05, 0) is 24.6 Å². The maximum atomic E-state index is 11.7. The largest absolute Gasteiger partial charge is 0.478 e. The van der Waals surface area contributed by atoms with Crippen LogP contribution < -0.4 is 5.76 Å². The average Bonchev–Trinajstić information content (AvgIpc) is 2.69. The predicted molar refractivity (Wildman–Crippen MR) is 71.6 cm³/mol. The number of unbranched alkanes of at least 4 members (excludes halogenated alkanes) is 3. The first-order valence-electron chi connectivity index (χ1n) is 6.50. The highest BCUT2D eigenvalue weighted by Gasteiger charge is 2.11. The lowest BCUT2D eigenvalue weighted by atomic mass is 10.2. The van der Waals surface area contributed by atoms with Crippen LogP contribution in [-0.4, -0.2) is 15.6 Å². The third kappa shape index (κ3) is 2.86. The molecule has 0 saturated heterocycles. The number of benzene rings is 1. The van der Waals surface area contributed by atoms with Crippen molar-refractivity contribution >= 4 is 17.1 Å². The molecule has 5 nitrogen and oxygen atoms in total. The standard InChI is InChI=1S/C14H17NO4/c1-2-3-4-5-8-15-11-7-6-10(13(16)17)9-12(11)19-14(15)18/h6-7,9H,2-5,8H2,1H3,(H,16,17). The maximum Gasteiger partial charge on any atom is 0.419 e. The van der Waals surface area contributed by atoms with E-state index in [9.17, 15) is 9.59 Å². The van der Waals surface area contributed by atoms with Crippen LogP contribution in [0.15, 0.2) is 27.4 Å². The quantitative estimate of drug-likeness (QED) is 0.813. The van der Waals surface area contributed by atoms with Gasteiger partial charge in [0.05, 0.1) is 11.1 Å². The fraction of sp³-hybridized carbons (Fsp3) is 0.429. The number of aromatic carboxylic acids is 1. The van der Waals surface area contributed by atoms with Crippen LogP contribution in [-0.2, 0) is 6.54 Å². The van der Waals surface area contributed by atoms with Crippen molar-refractivity contribution in [1.82, 2.24) is 4.57 Å². The number of carbonyl (C=O) groups is 1. The van der Waals surface area contributed by atoms with Crippen molar-refractivity contribution in [2.75, 3.05) is 0 Å². The Hall–Kier alpha value is -2.04. The second-order valence-electron chi connectivity index (χ2n) is 4.57. The highest BCUT2D eigenvalue weighted by Crippen LogP contribution is 2.16. The highest BCUT2D eigenvalue weighted by atomic mass is 16.4. The Balaban J connectivity index is 2.27. The van der Waals surface area contributed by atoms with Crippen LogP contribution in [0, 0.1) is 0 Å². The molecule has 0 unspecified atom stereocenters. The molecular weight excluding hydrogens is 246 g/mol. The monoisotopic (exact) mass is 263 g/mol. The molecule has 1 N–H and O–H groups in total. The van der Waals surface area contributed by atoms with Crippen molar-refractivity contribution in [2.45, 2.75) is 39.2 Å². The van der Waals surface area contributed by atoms with Gasteiger partial charge in [-0.3, -0.25) is 4.57 Å². The molecule has 5 heteroatoms. The number of rotatable bonds is 6. The van der Waals surface area contributed by atoms with Gasteiger partial charge in [0.2, 0.25) is 0 Å². The van der Waals surface area contributed by atoms with Crippen LogP contribution in [0.2, 0.25) is 0 Å². The summed E-state index contributed by atoms with van der Waals surface area (Å²) >= 11 is 0. The third-order valence-corrected chi connectivity index (χ3v) is 3.15. The van der Waals surface area contributed by atoms with Crippen LogP contribution in [0.1, 0.15) is 43.0 Å². The van der Waals surface area contributed by atoms with E-state index in [1.54, 1.807) is 10.6 Å². The summed E-state index contributed by atoms with van der Waals surface area (Å²) in [5.41, 5.74) is 1.12. The molecule has 1 aromatic carbocycles. The average molecular weight is 263 g/mol. The lowest BCUT2D eigenvalue weighted by molar-refractivity contribution is 0.0697. The Kier molecular flexibility index (Phi) is 4.04. The topological polar surface area (TPSA) is 72.4 Å². The summed E-state index contributed by atoms with van der Waals surface area (Å²) in [5, 5.41) is 8.89. The molecular formula is C14H17NO4. The van der Waals surface area contributed by atoms with Gasteiger partial charge in [0.1, 0.15) is 0 Å². The predicted octanol–water partition coefficient (Wildman–Crippen LogP) is 2.87. The lowest BCUT2D eigenvalue weighted by Gasteiger charge is -2.01. The summed E-state index contributed by atoms with van der Waals surface area (Å²) in [6.45, 7) is 2.74. The number of carboxylic acids is 1. The van der Waals surface area contributed by atoms with Gasteiger partial charge in [-0.2, -0.15) is 0 Å². The number of hydrogen-bond acceptors (Lipinski definition) is 3. The Morgan fingerprint density at radius 3 is 2.79 bits per heavy atom. The van der Waals surface area contributed by atoms with E-state index in [4.69, 9.17) is 9.52 Å². The van der Waals surface area contributed by atoms with E-state index in [2.05, 4.69) is 6.92 Å². The van der Waals surface area contributed by atoms with Crippen LogP contribution in [0.3, 0.4) is 0 Å².